The van der Waals surface area contributed by atoms with E-state index < -0.39 is 5.60 Å². The first kappa shape index (κ1) is 21.2. The Bertz CT molecular complexity index is 339. The summed E-state index contributed by atoms with van der Waals surface area (Å²) >= 11 is 0. The van der Waals surface area contributed by atoms with Gasteiger partial charge in [0.05, 0.1) is 0 Å². The van der Waals surface area contributed by atoms with Crippen molar-refractivity contribution >= 4 is 6.09 Å². The molecule has 0 aliphatic carbocycles. The van der Waals surface area contributed by atoms with E-state index in [0.717, 1.165) is 45.2 Å². The monoisotopic (exact) mass is 342 g/mol. The molecule has 2 N–H and O–H groups in total. The smallest absolute Gasteiger partial charge is 0.410 e. The van der Waals surface area contributed by atoms with Crippen LogP contribution in [0.25, 0.3) is 0 Å². The number of carbonyl (C=O) groups excluding carboxylic acids is 1. The lowest BCUT2D eigenvalue weighted by Gasteiger charge is -2.26. The molecule has 0 aromatic carbocycles. The van der Waals surface area contributed by atoms with E-state index in [4.69, 9.17) is 4.74 Å². The highest BCUT2D eigenvalue weighted by Crippen LogP contribution is 2.10. The molecule has 2 heterocycles. The third kappa shape index (κ3) is 9.45. The van der Waals surface area contributed by atoms with E-state index in [-0.39, 0.29) is 6.09 Å². The molecule has 24 heavy (non-hydrogen) atoms. The van der Waals surface area contributed by atoms with Crippen LogP contribution >= 0.6 is 0 Å². The van der Waals surface area contributed by atoms with Gasteiger partial charge in [-0.2, -0.15) is 0 Å². The maximum absolute atomic E-state index is 11.6. The van der Waals surface area contributed by atoms with Crippen LogP contribution in [0.1, 0.15) is 47.5 Å². The molecule has 0 radical (unpaired) electrons. The second kappa shape index (κ2) is 10.9. The quantitative estimate of drug-likeness (QED) is 0.762. The molecule has 0 aromatic rings. The maximum Gasteiger partial charge on any atom is 0.410 e. The Morgan fingerprint density at radius 2 is 1.50 bits per heavy atom. The molecule has 0 bridgehead atoms. The molecule has 2 fully saturated rings. The first-order valence-corrected chi connectivity index (χ1v) is 9.43. The minimum absolute atomic E-state index is 0.193. The summed E-state index contributed by atoms with van der Waals surface area (Å²) in [5.74, 6) is 0. The van der Waals surface area contributed by atoms with Crippen molar-refractivity contribution in [3.63, 3.8) is 0 Å². The van der Waals surface area contributed by atoms with Gasteiger partial charge in [0, 0.05) is 38.8 Å². The predicted octanol–water partition coefficient (Wildman–Crippen LogP) is 1.91. The number of nitrogens with zero attached hydrogens (tertiary/aromatic N) is 2. The lowest BCUT2D eigenvalue weighted by Crippen LogP contribution is -2.38. The van der Waals surface area contributed by atoms with Gasteiger partial charge < -0.3 is 20.3 Å². The van der Waals surface area contributed by atoms with Gasteiger partial charge in [0.25, 0.3) is 0 Å². The molecule has 0 atom stereocenters. The zero-order chi connectivity index (χ0) is 18.0. The Hall–Kier alpha value is -0.850. The third-order valence-electron chi connectivity index (χ3n) is 4.10. The summed E-state index contributed by atoms with van der Waals surface area (Å²) in [7, 11) is 0. The Kier molecular flexibility index (Phi) is 9.63. The maximum atomic E-state index is 11.6. The van der Waals surface area contributed by atoms with Crippen molar-refractivity contribution in [2.75, 3.05) is 52.4 Å². The molecule has 0 unspecified atom stereocenters. The number of nitrogens with one attached hydrogen (secondary N) is 2. The number of carbonyl (C=O) groups is 1. The summed E-state index contributed by atoms with van der Waals surface area (Å²) in [6, 6.07) is 0.722. The van der Waals surface area contributed by atoms with Crippen LogP contribution in [0.15, 0.2) is 0 Å². The van der Waals surface area contributed by atoms with E-state index in [1.807, 2.05) is 20.8 Å². The normalized spacial score (nSPS) is 20.7. The average molecular weight is 343 g/mol. The van der Waals surface area contributed by atoms with Gasteiger partial charge in [-0.25, -0.2) is 4.79 Å². The van der Waals surface area contributed by atoms with Crippen molar-refractivity contribution in [3.8, 4) is 0 Å². The summed E-state index contributed by atoms with van der Waals surface area (Å²) in [5, 5.41) is 6.64. The molecule has 0 aromatic heterocycles. The summed E-state index contributed by atoms with van der Waals surface area (Å²) in [5.41, 5.74) is -0.392. The first-order chi connectivity index (χ1) is 11.3. The van der Waals surface area contributed by atoms with Gasteiger partial charge in [0.2, 0.25) is 0 Å². The summed E-state index contributed by atoms with van der Waals surface area (Å²) < 4.78 is 5.29. The van der Waals surface area contributed by atoms with Crippen LogP contribution in [0.4, 0.5) is 4.79 Å². The molecule has 2 aliphatic rings. The molecule has 1 amide bonds. The van der Waals surface area contributed by atoms with Crippen LogP contribution in [-0.2, 0) is 4.74 Å². The Morgan fingerprint density at radius 1 is 0.917 bits per heavy atom. The van der Waals surface area contributed by atoms with Crippen LogP contribution in [0, 0.1) is 0 Å². The molecule has 6 nitrogen and oxygen atoms in total. The number of rotatable bonds is 1. The van der Waals surface area contributed by atoms with Gasteiger partial charge in [-0.15, -0.1) is 0 Å². The lowest BCUT2D eigenvalue weighted by atomic mass is 10.2. The summed E-state index contributed by atoms with van der Waals surface area (Å²) in [6.45, 7) is 18.4. The number of amides is 1. The Balaban J connectivity index is 0.000000254. The second-order valence-corrected chi connectivity index (χ2v) is 7.80. The summed E-state index contributed by atoms with van der Waals surface area (Å²) in [4.78, 5) is 15.9. The molecule has 0 saturated carbocycles. The van der Waals surface area contributed by atoms with Crippen LogP contribution < -0.4 is 10.6 Å². The fourth-order valence-corrected chi connectivity index (χ4v) is 2.74. The van der Waals surface area contributed by atoms with E-state index in [2.05, 4.69) is 29.4 Å². The van der Waals surface area contributed by atoms with Gasteiger partial charge >= 0.3 is 6.09 Å². The van der Waals surface area contributed by atoms with Crippen LogP contribution in [-0.4, -0.2) is 79.9 Å². The standard InChI is InChI=1S/C10H20N2O2.C8H18N2/c1-10(2,3)14-9(13)12-7-4-5-11-6-8-12;1-8(2)10-6-3-4-9-5-7-10/h11H,4-8H2,1-3H3;8-9H,3-7H2,1-2H3. The van der Waals surface area contributed by atoms with E-state index in [0.29, 0.717) is 0 Å². The van der Waals surface area contributed by atoms with Gasteiger partial charge in [0.15, 0.2) is 0 Å². The number of hydrogen-bond acceptors (Lipinski definition) is 5. The highest BCUT2D eigenvalue weighted by molar-refractivity contribution is 5.68. The highest BCUT2D eigenvalue weighted by Gasteiger charge is 2.22. The Morgan fingerprint density at radius 3 is 2.08 bits per heavy atom. The predicted molar refractivity (Wildman–Crippen MR) is 99.5 cm³/mol. The van der Waals surface area contributed by atoms with E-state index in [9.17, 15) is 4.79 Å². The minimum Gasteiger partial charge on any atom is -0.444 e. The number of hydrogen-bond donors (Lipinski definition) is 2. The number of ether oxygens (including phenoxy) is 1. The molecule has 2 rings (SSSR count). The van der Waals surface area contributed by atoms with Crippen molar-refractivity contribution in [1.29, 1.82) is 0 Å². The second-order valence-electron chi connectivity index (χ2n) is 7.80. The Labute approximate surface area is 148 Å². The zero-order valence-corrected chi connectivity index (χ0v) is 16.4. The lowest BCUT2D eigenvalue weighted by molar-refractivity contribution is 0.0262. The molecular formula is C18H38N4O2. The van der Waals surface area contributed by atoms with Crippen LogP contribution in [0.2, 0.25) is 0 Å². The van der Waals surface area contributed by atoms with Gasteiger partial charge in [-0.1, -0.05) is 0 Å². The minimum atomic E-state index is -0.392. The van der Waals surface area contributed by atoms with Crippen molar-refractivity contribution in [3.05, 3.63) is 0 Å². The molecule has 0 spiro atoms. The van der Waals surface area contributed by atoms with Crippen LogP contribution in [0.3, 0.4) is 0 Å². The van der Waals surface area contributed by atoms with Crippen molar-refractivity contribution in [2.45, 2.75) is 59.1 Å². The topological polar surface area (TPSA) is 56.8 Å². The molecule has 2 aliphatic heterocycles. The fourth-order valence-electron chi connectivity index (χ4n) is 2.74. The van der Waals surface area contributed by atoms with E-state index >= 15 is 0 Å². The third-order valence-corrected chi connectivity index (χ3v) is 4.10. The first-order valence-electron chi connectivity index (χ1n) is 9.43. The SMILES string of the molecule is CC(C)(C)OC(=O)N1CCCNCC1.CC(C)N1CCCNCC1. The van der Waals surface area contributed by atoms with Gasteiger partial charge in [0.1, 0.15) is 5.60 Å². The zero-order valence-electron chi connectivity index (χ0n) is 16.4. The van der Waals surface area contributed by atoms with Gasteiger partial charge in [-0.05, 0) is 67.1 Å². The molecule has 142 valence electrons. The van der Waals surface area contributed by atoms with Crippen molar-refractivity contribution in [2.24, 2.45) is 0 Å². The molecular weight excluding hydrogens is 304 g/mol. The van der Waals surface area contributed by atoms with E-state index in [1.165, 1.54) is 26.1 Å². The van der Waals surface area contributed by atoms with Gasteiger partial charge in [-0.3, -0.25) is 4.90 Å². The largest absolute Gasteiger partial charge is 0.444 e. The fraction of sp³-hybridized carbons (Fsp3) is 0.944. The molecule has 6 heteroatoms. The highest BCUT2D eigenvalue weighted by atomic mass is 16.6. The summed E-state index contributed by atoms with van der Waals surface area (Å²) in [6.07, 6.45) is 2.11. The van der Waals surface area contributed by atoms with Crippen molar-refractivity contribution in [1.82, 2.24) is 20.4 Å². The van der Waals surface area contributed by atoms with E-state index in [1.54, 1.807) is 4.90 Å². The average Bonchev–Trinajstić information content (AvgIpc) is 2.91. The van der Waals surface area contributed by atoms with Crippen molar-refractivity contribution < 1.29 is 9.53 Å². The molecule has 2 saturated heterocycles. The van der Waals surface area contributed by atoms with Crippen LogP contribution in [0.5, 0.6) is 0 Å².